The number of rotatable bonds is 3. The minimum absolute atomic E-state index is 0.139. The molecule has 0 N–H and O–H groups in total. The summed E-state index contributed by atoms with van der Waals surface area (Å²) in [5.74, 6) is 0.139. The molecule has 1 saturated heterocycles. The summed E-state index contributed by atoms with van der Waals surface area (Å²) in [6.07, 6.45) is 0.965. The molecule has 2 aromatic rings. The number of carbonyl (C=O) groups excluding carboxylic acids is 1. The van der Waals surface area contributed by atoms with E-state index in [9.17, 15) is 4.79 Å². The molecule has 2 aliphatic heterocycles. The molecule has 1 amide bonds. The third kappa shape index (κ3) is 3.59. The van der Waals surface area contributed by atoms with Gasteiger partial charge in [0.15, 0.2) is 0 Å². The number of hydrogen-bond donors (Lipinski definition) is 0. The van der Waals surface area contributed by atoms with Gasteiger partial charge in [-0.15, -0.1) is 0 Å². The van der Waals surface area contributed by atoms with Crippen molar-refractivity contribution in [3.05, 3.63) is 59.7 Å². The Morgan fingerprint density at radius 2 is 1.74 bits per heavy atom. The second kappa shape index (κ2) is 7.35. The van der Waals surface area contributed by atoms with Gasteiger partial charge in [0.05, 0.1) is 0 Å². The molecule has 142 valence electrons. The van der Waals surface area contributed by atoms with Gasteiger partial charge in [-0.1, -0.05) is 36.4 Å². The first-order valence-corrected chi connectivity index (χ1v) is 9.98. The topological polar surface area (TPSA) is 26.8 Å². The van der Waals surface area contributed by atoms with Crippen molar-refractivity contribution < 1.29 is 4.79 Å². The lowest BCUT2D eigenvalue weighted by molar-refractivity contribution is -0.116. The summed E-state index contributed by atoms with van der Waals surface area (Å²) in [4.78, 5) is 18.9. The summed E-state index contributed by atoms with van der Waals surface area (Å²) in [5, 5.41) is 0. The van der Waals surface area contributed by atoms with Gasteiger partial charge in [0.1, 0.15) is 0 Å². The van der Waals surface area contributed by atoms with Gasteiger partial charge in [-0.3, -0.25) is 9.69 Å². The van der Waals surface area contributed by atoms with Gasteiger partial charge >= 0.3 is 0 Å². The van der Waals surface area contributed by atoms with Crippen molar-refractivity contribution in [3.8, 4) is 0 Å². The molecule has 0 aromatic heterocycles. The summed E-state index contributed by atoms with van der Waals surface area (Å²) in [6, 6.07) is 18.3. The highest BCUT2D eigenvalue weighted by Crippen LogP contribution is 2.33. The summed E-state index contributed by atoms with van der Waals surface area (Å²) in [6.45, 7) is 10.1. The second-order valence-electron chi connectivity index (χ2n) is 7.99. The van der Waals surface area contributed by atoms with Gasteiger partial charge in [0.2, 0.25) is 5.91 Å². The highest BCUT2D eigenvalue weighted by Gasteiger charge is 2.30. The largest absolute Gasteiger partial charge is 0.368 e. The fraction of sp³-hybridized carbons (Fsp3) is 0.435. The fourth-order valence-electron chi connectivity index (χ4n) is 4.56. The molecule has 4 nitrogen and oxygen atoms in total. The fourth-order valence-corrected chi connectivity index (χ4v) is 4.56. The maximum atomic E-state index is 11.9. The Labute approximate surface area is 162 Å². The van der Waals surface area contributed by atoms with Gasteiger partial charge in [-0.05, 0) is 43.5 Å². The van der Waals surface area contributed by atoms with Crippen LogP contribution in [0.15, 0.2) is 48.5 Å². The van der Waals surface area contributed by atoms with E-state index in [0.29, 0.717) is 12.1 Å². The smallest absolute Gasteiger partial charge is 0.223 e. The van der Waals surface area contributed by atoms with Crippen molar-refractivity contribution in [2.75, 3.05) is 29.4 Å². The molecule has 0 unspecified atom stereocenters. The summed E-state index contributed by atoms with van der Waals surface area (Å²) < 4.78 is 0. The molecule has 2 heterocycles. The van der Waals surface area contributed by atoms with Gasteiger partial charge in [-0.2, -0.15) is 0 Å². The zero-order valence-electron chi connectivity index (χ0n) is 16.6. The highest BCUT2D eigenvalue weighted by atomic mass is 16.2. The minimum atomic E-state index is 0.139. The Bertz CT molecular complexity index is 808. The van der Waals surface area contributed by atoms with E-state index in [0.717, 1.165) is 38.3 Å². The van der Waals surface area contributed by atoms with E-state index in [-0.39, 0.29) is 5.91 Å². The van der Waals surface area contributed by atoms with Crippen LogP contribution in [-0.2, 0) is 17.8 Å². The number of piperazine rings is 1. The molecule has 0 spiro atoms. The number of benzene rings is 2. The average Bonchev–Trinajstić information content (AvgIpc) is 3.09. The van der Waals surface area contributed by atoms with E-state index in [1.54, 1.807) is 6.92 Å². The predicted molar refractivity (Wildman–Crippen MR) is 111 cm³/mol. The second-order valence-corrected chi connectivity index (χ2v) is 7.99. The first-order valence-electron chi connectivity index (χ1n) is 9.98. The van der Waals surface area contributed by atoms with Crippen LogP contribution in [0.1, 0.15) is 31.9 Å². The zero-order valence-corrected chi connectivity index (χ0v) is 16.6. The lowest BCUT2D eigenvalue weighted by Crippen LogP contribution is -2.56. The molecule has 4 rings (SSSR count). The number of anilines is 2. The van der Waals surface area contributed by atoms with Crippen LogP contribution in [0.2, 0.25) is 0 Å². The van der Waals surface area contributed by atoms with E-state index in [1.165, 1.54) is 16.8 Å². The van der Waals surface area contributed by atoms with Crippen LogP contribution < -0.4 is 9.80 Å². The van der Waals surface area contributed by atoms with Crippen molar-refractivity contribution in [1.82, 2.24) is 4.90 Å². The molecule has 2 aromatic carbocycles. The van der Waals surface area contributed by atoms with Crippen molar-refractivity contribution in [2.24, 2.45) is 0 Å². The van der Waals surface area contributed by atoms with Gasteiger partial charge in [-0.25, -0.2) is 0 Å². The quantitative estimate of drug-likeness (QED) is 0.832. The Kier molecular flexibility index (Phi) is 4.92. The van der Waals surface area contributed by atoms with Crippen LogP contribution in [0.3, 0.4) is 0 Å². The van der Waals surface area contributed by atoms with Crippen LogP contribution >= 0.6 is 0 Å². The van der Waals surface area contributed by atoms with E-state index < -0.39 is 0 Å². The lowest BCUT2D eigenvalue weighted by Gasteiger charge is -2.45. The third-order valence-corrected chi connectivity index (χ3v) is 6.02. The van der Waals surface area contributed by atoms with Crippen molar-refractivity contribution in [2.45, 2.75) is 45.8 Å². The standard InChI is InChI=1S/C23H29N3O/c1-17-14-24(15-18(2)26(17)16-20-7-5-4-6-8-20)22-10-9-21-11-12-25(19(3)27)23(21)13-22/h4-10,13,17-18H,11-12,14-16H2,1-3H3/t17-,18+. The van der Waals surface area contributed by atoms with E-state index in [2.05, 4.69) is 72.2 Å². The average molecular weight is 364 g/mol. The van der Waals surface area contributed by atoms with Crippen molar-refractivity contribution in [3.63, 3.8) is 0 Å². The number of fused-ring (bicyclic) bond motifs is 1. The molecule has 4 heteroatoms. The number of nitrogens with zero attached hydrogens (tertiary/aromatic N) is 3. The Morgan fingerprint density at radius 3 is 2.41 bits per heavy atom. The number of amides is 1. The SMILES string of the molecule is CC(=O)N1CCc2ccc(N3C[C@@H](C)N(Cc4ccccc4)[C@@H](C)C3)cc21. The van der Waals surface area contributed by atoms with Crippen molar-refractivity contribution in [1.29, 1.82) is 0 Å². The van der Waals surface area contributed by atoms with Gasteiger partial charge < -0.3 is 9.80 Å². The predicted octanol–water partition coefficient (Wildman–Crippen LogP) is 3.69. The van der Waals surface area contributed by atoms with Gasteiger partial charge in [0.25, 0.3) is 0 Å². The molecule has 1 fully saturated rings. The normalized spacial score (nSPS) is 22.8. The first kappa shape index (κ1) is 18.1. The molecule has 0 radical (unpaired) electrons. The number of carbonyl (C=O) groups is 1. The lowest BCUT2D eigenvalue weighted by atomic mass is 10.0. The van der Waals surface area contributed by atoms with Crippen LogP contribution in [-0.4, -0.2) is 42.5 Å². The Morgan fingerprint density at radius 1 is 1.04 bits per heavy atom. The monoisotopic (exact) mass is 363 g/mol. The van der Waals surface area contributed by atoms with Crippen LogP contribution in [0, 0.1) is 0 Å². The van der Waals surface area contributed by atoms with Gasteiger partial charge in [0, 0.05) is 56.6 Å². The Balaban J connectivity index is 1.51. The summed E-state index contributed by atoms with van der Waals surface area (Å²) >= 11 is 0. The van der Waals surface area contributed by atoms with E-state index in [1.807, 2.05) is 4.90 Å². The first-order chi connectivity index (χ1) is 13.0. The highest BCUT2D eigenvalue weighted by molar-refractivity contribution is 5.94. The molecule has 0 bridgehead atoms. The molecule has 0 saturated carbocycles. The number of hydrogen-bond acceptors (Lipinski definition) is 3. The molecule has 2 aliphatic rings. The maximum absolute atomic E-state index is 11.9. The summed E-state index contributed by atoms with van der Waals surface area (Å²) in [7, 11) is 0. The molecule has 27 heavy (non-hydrogen) atoms. The van der Waals surface area contributed by atoms with Crippen LogP contribution in [0.5, 0.6) is 0 Å². The molecule has 0 aliphatic carbocycles. The van der Waals surface area contributed by atoms with Crippen LogP contribution in [0.25, 0.3) is 0 Å². The Hall–Kier alpha value is -2.33. The zero-order chi connectivity index (χ0) is 19.0. The van der Waals surface area contributed by atoms with E-state index in [4.69, 9.17) is 0 Å². The molecule has 2 atom stereocenters. The third-order valence-electron chi connectivity index (χ3n) is 6.02. The molecular formula is C23H29N3O. The van der Waals surface area contributed by atoms with Crippen molar-refractivity contribution >= 4 is 17.3 Å². The van der Waals surface area contributed by atoms with E-state index >= 15 is 0 Å². The maximum Gasteiger partial charge on any atom is 0.223 e. The summed E-state index contributed by atoms with van der Waals surface area (Å²) in [5.41, 5.74) is 5.00. The van der Waals surface area contributed by atoms with Crippen LogP contribution in [0.4, 0.5) is 11.4 Å². The molecular weight excluding hydrogens is 334 g/mol. The minimum Gasteiger partial charge on any atom is -0.368 e.